The van der Waals surface area contributed by atoms with Crippen LogP contribution in [0.1, 0.15) is 49.9 Å². The van der Waals surface area contributed by atoms with E-state index in [-0.39, 0.29) is 18.7 Å². The lowest BCUT2D eigenvalue weighted by Crippen LogP contribution is -2.42. The summed E-state index contributed by atoms with van der Waals surface area (Å²) < 4.78 is 0. The highest BCUT2D eigenvalue weighted by Crippen LogP contribution is 2.38. The van der Waals surface area contributed by atoms with Crippen LogP contribution in [0, 0.1) is 5.41 Å². The molecule has 1 aromatic heterocycles. The molecule has 1 aliphatic carbocycles. The van der Waals surface area contributed by atoms with Gasteiger partial charge in [0.1, 0.15) is 0 Å². The monoisotopic (exact) mass is 340 g/mol. The smallest absolute Gasteiger partial charge is 0.320 e. The minimum atomic E-state index is -0.514. The van der Waals surface area contributed by atoms with Gasteiger partial charge < -0.3 is 10.4 Å². The van der Waals surface area contributed by atoms with E-state index in [0.29, 0.717) is 11.7 Å². The second-order valence-electron chi connectivity index (χ2n) is 7.21. The van der Waals surface area contributed by atoms with E-state index in [0.717, 1.165) is 24.1 Å². The first-order valence-electron chi connectivity index (χ1n) is 8.56. The van der Waals surface area contributed by atoms with Crippen molar-refractivity contribution in [3.8, 4) is 0 Å². The number of urea groups is 1. The predicted octanol–water partition coefficient (Wildman–Crippen LogP) is 3.24. The number of carbonyl (C=O) groups excluding carboxylic acids is 1. The Balaban J connectivity index is 1.69. The molecular weight excluding hydrogens is 316 g/mol. The second kappa shape index (κ2) is 7.19. The van der Waals surface area contributed by atoms with Gasteiger partial charge >= 0.3 is 6.03 Å². The number of amides is 2. The number of anilines is 1. The molecular formula is C19H24N4O2. The van der Waals surface area contributed by atoms with Crippen LogP contribution in [-0.4, -0.2) is 27.9 Å². The Morgan fingerprint density at radius 3 is 2.48 bits per heavy atom. The first-order valence-corrected chi connectivity index (χ1v) is 8.56. The third-order valence-electron chi connectivity index (χ3n) is 4.52. The number of hydrogen-bond donors (Lipinski definition) is 3. The molecule has 1 saturated carbocycles. The zero-order valence-electron chi connectivity index (χ0n) is 14.6. The Morgan fingerprint density at radius 2 is 1.92 bits per heavy atom. The molecule has 0 radical (unpaired) electrons. The van der Waals surface area contributed by atoms with Crippen molar-refractivity contribution in [2.24, 2.45) is 5.41 Å². The summed E-state index contributed by atoms with van der Waals surface area (Å²) in [5, 5.41) is 23.6. The van der Waals surface area contributed by atoms with Gasteiger partial charge in [-0.15, -0.1) is 5.10 Å². The summed E-state index contributed by atoms with van der Waals surface area (Å²) in [5.41, 5.74) is 1.40. The van der Waals surface area contributed by atoms with Gasteiger partial charge in [-0.05, 0) is 30.5 Å². The average Bonchev–Trinajstić information content (AvgIpc) is 3.46. The van der Waals surface area contributed by atoms with E-state index in [4.69, 9.17) is 0 Å². The Kier molecular flexibility index (Phi) is 4.99. The van der Waals surface area contributed by atoms with Crippen molar-refractivity contribution in [2.75, 3.05) is 11.9 Å². The fourth-order valence-corrected chi connectivity index (χ4v) is 2.76. The van der Waals surface area contributed by atoms with Crippen molar-refractivity contribution in [1.29, 1.82) is 0 Å². The van der Waals surface area contributed by atoms with Gasteiger partial charge in [-0.3, -0.25) is 5.32 Å². The summed E-state index contributed by atoms with van der Waals surface area (Å²) in [5.74, 6) is 0.943. The van der Waals surface area contributed by atoms with Crippen LogP contribution in [0.15, 0.2) is 42.5 Å². The van der Waals surface area contributed by atoms with E-state index in [1.165, 1.54) is 0 Å². The van der Waals surface area contributed by atoms with Gasteiger partial charge in [-0.2, -0.15) is 5.10 Å². The van der Waals surface area contributed by atoms with E-state index < -0.39 is 5.41 Å². The summed E-state index contributed by atoms with van der Waals surface area (Å²) in [6.45, 7) is 3.77. The first-order chi connectivity index (χ1) is 12.0. The lowest BCUT2D eigenvalue weighted by atomic mass is 9.81. The van der Waals surface area contributed by atoms with Crippen LogP contribution in [0.25, 0.3) is 0 Å². The molecule has 1 fully saturated rings. The van der Waals surface area contributed by atoms with E-state index in [1.807, 2.05) is 50.2 Å². The number of nitrogens with zero attached hydrogens (tertiary/aromatic N) is 2. The molecule has 2 amide bonds. The van der Waals surface area contributed by atoms with Gasteiger partial charge in [0.25, 0.3) is 0 Å². The van der Waals surface area contributed by atoms with Crippen molar-refractivity contribution < 1.29 is 9.90 Å². The molecule has 25 heavy (non-hydrogen) atoms. The Labute approximate surface area is 147 Å². The molecule has 3 N–H and O–H groups in total. The van der Waals surface area contributed by atoms with Gasteiger partial charge in [0.15, 0.2) is 5.82 Å². The quantitative estimate of drug-likeness (QED) is 0.753. The normalized spacial score (nSPS) is 15.5. The Morgan fingerprint density at radius 1 is 1.20 bits per heavy atom. The number of nitrogens with one attached hydrogen (secondary N) is 2. The molecule has 132 valence electrons. The number of carbonyl (C=O) groups is 1. The molecule has 6 nitrogen and oxygen atoms in total. The van der Waals surface area contributed by atoms with Crippen LogP contribution in [0.4, 0.5) is 10.6 Å². The number of aromatic nitrogens is 2. The number of benzene rings is 1. The molecule has 0 saturated heterocycles. The molecule has 1 aromatic carbocycles. The van der Waals surface area contributed by atoms with E-state index >= 15 is 0 Å². The fraction of sp³-hybridized carbons (Fsp3) is 0.421. The Hall–Kier alpha value is -2.47. The van der Waals surface area contributed by atoms with E-state index in [1.54, 1.807) is 6.07 Å². The Bertz CT molecular complexity index is 712. The van der Waals surface area contributed by atoms with Crippen LogP contribution in [0.5, 0.6) is 0 Å². The highest BCUT2D eigenvalue weighted by atomic mass is 16.3. The molecule has 1 unspecified atom stereocenters. The van der Waals surface area contributed by atoms with Crippen LogP contribution >= 0.6 is 0 Å². The second-order valence-corrected chi connectivity index (χ2v) is 7.21. The molecule has 3 rings (SSSR count). The summed E-state index contributed by atoms with van der Waals surface area (Å²) in [6.07, 6.45) is 2.33. The topological polar surface area (TPSA) is 87.1 Å². The SMILES string of the molecule is CC(C)(CO)C(NC(=O)Nc1ccc(C2CC2)nn1)c1ccccc1. The summed E-state index contributed by atoms with van der Waals surface area (Å²) in [6, 6.07) is 12.6. The highest BCUT2D eigenvalue weighted by Gasteiger charge is 2.31. The first kappa shape index (κ1) is 17.4. The van der Waals surface area contributed by atoms with Crippen LogP contribution in [0.2, 0.25) is 0 Å². The largest absolute Gasteiger partial charge is 0.396 e. The molecule has 0 aliphatic heterocycles. The third-order valence-corrected chi connectivity index (χ3v) is 4.52. The standard InChI is InChI=1S/C19H24N4O2/c1-19(2,12-24)17(14-6-4-3-5-7-14)21-18(25)20-16-11-10-15(22-23-16)13-8-9-13/h3-7,10-11,13,17,24H,8-9,12H2,1-2H3,(H2,20,21,23,25). The molecule has 6 heteroatoms. The lowest BCUT2D eigenvalue weighted by molar-refractivity contribution is 0.119. The van der Waals surface area contributed by atoms with Crippen LogP contribution in [-0.2, 0) is 0 Å². The van der Waals surface area contributed by atoms with Crippen molar-refractivity contribution in [1.82, 2.24) is 15.5 Å². The minimum absolute atomic E-state index is 0.0528. The van der Waals surface area contributed by atoms with Gasteiger partial charge in [0.05, 0.1) is 18.3 Å². The van der Waals surface area contributed by atoms with Gasteiger partial charge in [0, 0.05) is 11.3 Å². The number of hydrogen-bond acceptors (Lipinski definition) is 4. The minimum Gasteiger partial charge on any atom is -0.396 e. The lowest BCUT2D eigenvalue weighted by Gasteiger charge is -2.33. The summed E-state index contributed by atoms with van der Waals surface area (Å²) in [4.78, 5) is 12.4. The zero-order valence-corrected chi connectivity index (χ0v) is 14.6. The van der Waals surface area contributed by atoms with E-state index in [2.05, 4.69) is 20.8 Å². The third kappa shape index (κ3) is 4.33. The number of aliphatic hydroxyl groups excluding tert-OH is 1. The molecule has 2 aromatic rings. The molecule has 0 spiro atoms. The number of rotatable bonds is 6. The van der Waals surface area contributed by atoms with Crippen LogP contribution in [0.3, 0.4) is 0 Å². The van der Waals surface area contributed by atoms with Gasteiger partial charge in [-0.25, -0.2) is 4.79 Å². The van der Waals surface area contributed by atoms with Gasteiger partial charge in [-0.1, -0.05) is 44.2 Å². The van der Waals surface area contributed by atoms with Gasteiger partial charge in [0.2, 0.25) is 0 Å². The maximum Gasteiger partial charge on any atom is 0.320 e. The maximum absolute atomic E-state index is 12.4. The maximum atomic E-state index is 12.4. The summed E-state index contributed by atoms with van der Waals surface area (Å²) >= 11 is 0. The van der Waals surface area contributed by atoms with E-state index in [9.17, 15) is 9.90 Å². The fourth-order valence-electron chi connectivity index (χ4n) is 2.76. The number of aliphatic hydroxyl groups is 1. The van der Waals surface area contributed by atoms with Crippen molar-refractivity contribution in [3.63, 3.8) is 0 Å². The molecule has 1 heterocycles. The average molecular weight is 340 g/mol. The zero-order chi connectivity index (χ0) is 17.9. The highest BCUT2D eigenvalue weighted by molar-refractivity contribution is 5.88. The van der Waals surface area contributed by atoms with Crippen molar-refractivity contribution in [2.45, 2.75) is 38.6 Å². The molecule has 0 bridgehead atoms. The summed E-state index contributed by atoms with van der Waals surface area (Å²) in [7, 11) is 0. The predicted molar refractivity (Wildman–Crippen MR) is 96.2 cm³/mol. The van der Waals surface area contributed by atoms with Crippen molar-refractivity contribution >= 4 is 11.8 Å². The van der Waals surface area contributed by atoms with Crippen LogP contribution < -0.4 is 10.6 Å². The molecule has 1 aliphatic rings. The molecule has 1 atom stereocenters. The van der Waals surface area contributed by atoms with Crippen molar-refractivity contribution in [3.05, 3.63) is 53.7 Å².